The van der Waals surface area contributed by atoms with Crippen LogP contribution in [0.15, 0.2) is 12.1 Å². The SMILES string of the molecule is COc1cc(N)c(Cl)cc1C(=O)NCCCCN1C[CH]CC1. The zero-order valence-electron chi connectivity index (χ0n) is 12.9. The molecule has 1 aliphatic heterocycles. The van der Waals surface area contributed by atoms with Crippen LogP contribution in [0.1, 0.15) is 29.6 Å². The van der Waals surface area contributed by atoms with Gasteiger partial charge >= 0.3 is 0 Å². The Labute approximate surface area is 136 Å². The van der Waals surface area contributed by atoms with Gasteiger partial charge in [0, 0.05) is 19.2 Å². The Bertz CT molecular complexity index is 516. The number of nitrogen functional groups attached to an aromatic ring is 1. The summed E-state index contributed by atoms with van der Waals surface area (Å²) in [7, 11) is 1.51. The molecule has 0 aliphatic carbocycles. The minimum absolute atomic E-state index is 0.187. The first-order chi connectivity index (χ1) is 10.6. The summed E-state index contributed by atoms with van der Waals surface area (Å²) in [6.45, 7) is 3.98. The molecule has 1 aromatic rings. The minimum atomic E-state index is -0.187. The van der Waals surface area contributed by atoms with Gasteiger partial charge in [0.2, 0.25) is 0 Å². The van der Waals surface area contributed by atoms with Crippen LogP contribution in [0, 0.1) is 6.42 Å². The molecule has 22 heavy (non-hydrogen) atoms. The number of carbonyl (C=O) groups excluding carboxylic acids is 1. The molecular formula is C16H23ClN3O2. The van der Waals surface area contributed by atoms with Crippen molar-refractivity contribution in [3.63, 3.8) is 0 Å². The lowest BCUT2D eigenvalue weighted by molar-refractivity contribution is 0.0949. The maximum Gasteiger partial charge on any atom is 0.255 e. The van der Waals surface area contributed by atoms with E-state index < -0.39 is 0 Å². The van der Waals surface area contributed by atoms with E-state index in [9.17, 15) is 4.79 Å². The van der Waals surface area contributed by atoms with E-state index in [0.717, 1.165) is 32.5 Å². The third kappa shape index (κ3) is 4.52. The van der Waals surface area contributed by atoms with E-state index in [4.69, 9.17) is 22.1 Å². The molecule has 1 fully saturated rings. The summed E-state index contributed by atoms with van der Waals surface area (Å²) in [5, 5.41) is 3.26. The fourth-order valence-electron chi connectivity index (χ4n) is 2.52. The normalized spacial score (nSPS) is 15.0. The molecule has 0 saturated carbocycles. The molecule has 0 aromatic heterocycles. The quantitative estimate of drug-likeness (QED) is 0.597. The van der Waals surface area contributed by atoms with Gasteiger partial charge in [0.1, 0.15) is 5.75 Å². The Balaban J connectivity index is 1.78. The molecule has 2 rings (SSSR count). The monoisotopic (exact) mass is 324 g/mol. The largest absolute Gasteiger partial charge is 0.496 e. The Morgan fingerprint density at radius 3 is 2.95 bits per heavy atom. The molecule has 6 heteroatoms. The lowest BCUT2D eigenvalue weighted by Crippen LogP contribution is -2.26. The highest BCUT2D eigenvalue weighted by molar-refractivity contribution is 6.33. The van der Waals surface area contributed by atoms with Crippen molar-refractivity contribution in [1.82, 2.24) is 10.2 Å². The topological polar surface area (TPSA) is 67.6 Å². The molecule has 1 saturated heterocycles. The fourth-order valence-corrected chi connectivity index (χ4v) is 2.68. The van der Waals surface area contributed by atoms with Crippen LogP contribution in [0.4, 0.5) is 5.69 Å². The van der Waals surface area contributed by atoms with Crippen molar-refractivity contribution < 1.29 is 9.53 Å². The highest BCUT2D eigenvalue weighted by Crippen LogP contribution is 2.28. The lowest BCUT2D eigenvalue weighted by Gasteiger charge is -2.14. The van der Waals surface area contributed by atoms with Crippen LogP contribution in [-0.4, -0.2) is 44.1 Å². The van der Waals surface area contributed by atoms with E-state index >= 15 is 0 Å². The highest BCUT2D eigenvalue weighted by atomic mass is 35.5. The van der Waals surface area contributed by atoms with Crippen LogP contribution < -0.4 is 15.8 Å². The number of carbonyl (C=O) groups is 1. The Morgan fingerprint density at radius 1 is 1.45 bits per heavy atom. The van der Waals surface area contributed by atoms with Gasteiger partial charge in [0.05, 0.1) is 23.4 Å². The average Bonchev–Trinajstić information content (AvgIpc) is 3.02. The highest BCUT2D eigenvalue weighted by Gasteiger charge is 2.15. The van der Waals surface area contributed by atoms with E-state index in [1.807, 2.05) is 0 Å². The predicted molar refractivity (Wildman–Crippen MR) is 89.3 cm³/mol. The lowest BCUT2D eigenvalue weighted by atomic mass is 10.1. The molecule has 1 heterocycles. The van der Waals surface area contributed by atoms with Gasteiger partial charge in [0.25, 0.3) is 5.91 Å². The minimum Gasteiger partial charge on any atom is -0.496 e. The van der Waals surface area contributed by atoms with Gasteiger partial charge in [-0.1, -0.05) is 11.6 Å². The van der Waals surface area contributed by atoms with Crippen LogP contribution in [0.25, 0.3) is 0 Å². The van der Waals surface area contributed by atoms with Crippen molar-refractivity contribution in [2.45, 2.75) is 19.3 Å². The number of unbranched alkanes of at least 4 members (excludes halogenated alkanes) is 1. The van der Waals surface area contributed by atoms with Crippen LogP contribution in [0.5, 0.6) is 5.75 Å². The Kier molecular flexibility index (Phi) is 6.34. The van der Waals surface area contributed by atoms with Gasteiger partial charge in [-0.05, 0) is 44.8 Å². The number of hydrogen-bond acceptors (Lipinski definition) is 4. The summed E-state index contributed by atoms with van der Waals surface area (Å²) in [4.78, 5) is 14.6. The first-order valence-corrected chi connectivity index (χ1v) is 7.95. The van der Waals surface area contributed by atoms with Gasteiger partial charge in [0.15, 0.2) is 0 Å². The number of nitrogens with two attached hydrogens (primary N) is 1. The molecule has 1 aromatic carbocycles. The number of amides is 1. The van der Waals surface area contributed by atoms with Gasteiger partial charge in [-0.25, -0.2) is 0 Å². The third-order valence-electron chi connectivity index (χ3n) is 3.79. The summed E-state index contributed by atoms with van der Waals surface area (Å²) in [5.41, 5.74) is 6.53. The second kappa shape index (κ2) is 8.25. The van der Waals surface area contributed by atoms with Crippen LogP contribution in [0.3, 0.4) is 0 Å². The Morgan fingerprint density at radius 2 is 2.27 bits per heavy atom. The zero-order valence-corrected chi connectivity index (χ0v) is 13.7. The predicted octanol–water partition coefficient (Wildman–Crippen LogP) is 2.35. The number of hydrogen-bond donors (Lipinski definition) is 2. The molecule has 5 nitrogen and oxygen atoms in total. The third-order valence-corrected chi connectivity index (χ3v) is 4.11. The molecule has 0 spiro atoms. The number of methoxy groups -OCH3 is 1. The number of halogens is 1. The van der Waals surface area contributed by atoms with E-state index in [-0.39, 0.29) is 5.91 Å². The number of ether oxygens (including phenoxy) is 1. The molecule has 3 N–H and O–H groups in total. The molecule has 121 valence electrons. The van der Waals surface area contributed by atoms with Crippen molar-refractivity contribution in [1.29, 1.82) is 0 Å². The summed E-state index contributed by atoms with van der Waals surface area (Å²) in [5.74, 6) is 0.250. The van der Waals surface area contributed by atoms with Crippen LogP contribution in [0.2, 0.25) is 5.02 Å². The number of nitrogens with zero attached hydrogens (tertiary/aromatic N) is 1. The van der Waals surface area contributed by atoms with Gasteiger partial charge in [-0.2, -0.15) is 0 Å². The van der Waals surface area contributed by atoms with E-state index in [1.54, 1.807) is 12.1 Å². The standard InChI is InChI=1S/C16H23ClN3O2/c1-22-15-11-14(18)13(17)10-12(15)16(21)19-6-2-3-7-20-8-4-5-9-20/h4,10-11H,2-3,5-9,18H2,1H3,(H,19,21). The van der Waals surface area contributed by atoms with Crippen LogP contribution in [-0.2, 0) is 0 Å². The summed E-state index contributed by atoms with van der Waals surface area (Å²) >= 11 is 5.97. The van der Waals surface area contributed by atoms with Gasteiger partial charge < -0.3 is 20.7 Å². The molecule has 0 unspecified atom stereocenters. The summed E-state index contributed by atoms with van der Waals surface area (Å²) < 4.78 is 5.19. The first kappa shape index (κ1) is 16.9. The molecule has 1 amide bonds. The molecule has 1 aliphatic rings. The zero-order chi connectivity index (χ0) is 15.9. The van der Waals surface area contributed by atoms with Gasteiger partial charge in [-0.15, -0.1) is 0 Å². The smallest absolute Gasteiger partial charge is 0.255 e. The molecule has 0 atom stereocenters. The molecular weight excluding hydrogens is 302 g/mol. The second-order valence-electron chi connectivity index (χ2n) is 5.41. The van der Waals surface area contributed by atoms with Crippen molar-refractivity contribution >= 4 is 23.2 Å². The van der Waals surface area contributed by atoms with Crippen molar-refractivity contribution in [2.75, 3.05) is 39.0 Å². The van der Waals surface area contributed by atoms with Crippen molar-refractivity contribution in [3.05, 3.63) is 29.1 Å². The fraction of sp³-hybridized carbons (Fsp3) is 0.500. The van der Waals surface area contributed by atoms with Crippen molar-refractivity contribution in [2.24, 2.45) is 0 Å². The number of anilines is 1. The first-order valence-electron chi connectivity index (χ1n) is 7.57. The number of likely N-dealkylation sites (tertiary alicyclic amines) is 1. The molecule has 1 radical (unpaired) electrons. The number of rotatable bonds is 7. The number of benzene rings is 1. The average molecular weight is 325 g/mol. The maximum absolute atomic E-state index is 12.2. The maximum atomic E-state index is 12.2. The van der Waals surface area contributed by atoms with Gasteiger partial charge in [-0.3, -0.25) is 4.79 Å². The van der Waals surface area contributed by atoms with Crippen molar-refractivity contribution in [3.8, 4) is 5.75 Å². The van der Waals surface area contributed by atoms with E-state index in [1.165, 1.54) is 13.5 Å². The van der Waals surface area contributed by atoms with E-state index in [0.29, 0.717) is 28.6 Å². The summed E-state index contributed by atoms with van der Waals surface area (Å²) in [6.07, 6.45) is 5.52. The van der Waals surface area contributed by atoms with Crippen LogP contribution >= 0.6 is 11.6 Å². The van der Waals surface area contributed by atoms with E-state index in [2.05, 4.69) is 16.6 Å². The second-order valence-corrected chi connectivity index (χ2v) is 5.82. The summed E-state index contributed by atoms with van der Waals surface area (Å²) in [6, 6.07) is 3.12. The number of nitrogens with one attached hydrogen (secondary N) is 1. The molecule has 0 bridgehead atoms. The Hall–Kier alpha value is -1.46.